The summed E-state index contributed by atoms with van der Waals surface area (Å²) in [5.74, 6) is 2.11. The molecule has 2 rings (SSSR count). The fraction of sp³-hybridized carbons (Fsp3) is 0.636. The first-order valence-corrected chi connectivity index (χ1v) is 5.88. The van der Waals surface area contributed by atoms with Crippen molar-refractivity contribution in [2.24, 2.45) is 5.92 Å². The van der Waals surface area contributed by atoms with Crippen molar-refractivity contribution in [3.8, 4) is 0 Å². The lowest BCUT2D eigenvalue weighted by molar-refractivity contribution is 0.546. The molecule has 0 amide bonds. The van der Waals surface area contributed by atoms with Crippen LogP contribution in [0.2, 0.25) is 0 Å². The summed E-state index contributed by atoms with van der Waals surface area (Å²) < 4.78 is 0. The first-order chi connectivity index (χ1) is 7.22. The molecule has 0 bridgehead atoms. The maximum atomic E-state index is 5.99. The lowest BCUT2D eigenvalue weighted by Gasteiger charge is -2.24. The van der Waals surface area contributed by atoms with E-state index in [1.165, 1.54) is 6.42 Å². The molecule has 0 radical (unpaired) electrons. The van der Waals surface area contributed by atoms with E-state index in [9.17, 15) is 0 Å². The van der Waals surface area contributed by atoms with Crippen LogP contribution in [0.15, 0.2) is 12.3 Å². The quantitative estimate of drug-likeness (QED) is 0.723. The third kappa shape index (κ3) is 2.07. The van der Waals surface area contributed by atoms with Gasteiger partial charge in [0.1, 0.15) is 0 Å². The molecule has 0 aliphatic carbocycles. The molecule has 2 heterocycles. The largest absolute Gasteiger partial charge is 0.336 e. The number of anilines is 1. The second kappa shape index (κ2) is 4.35. The molecule has 1 fully saturated rings. The monoisotopic (exact) mass is 225 g/mol. The van der Waals surface area contributed by atoms with Gasteiger partial charge in [-0.1, -0.05) is 6.92 Å². The van der Waals surface area contributed by atoms with E-state index in [0.717, 1.165) is 18.2 Å². The lowest BCUT2D eigenvalue weighted by Crippen LogP contribution is -2.34. The highest BCUT2D eigenvalue weighted by Crippen LogP contribution is 2.27. The minimum Gasteiger partial charge on any atom is -0.336 e. The Kier molecular flexibility index (Phi) is 3.10. The van der Waals surface area contributed by atoms with E-state index in [-0.39, 0.29) is 0 Å². The Morgan fingerprint density at radius 2 is 2.40 bits per heavy atom. The summed E-state index contributed by atoms with van der Waals surface area (Å²) in [6.07, 6.45) is 2.99. The van der Waals surface area contributed by atoms with Crippen LogP contribution in [0.1, 0.15) is 19.0 Å². The van der Waals surface area contributed by atoms with Crippen LogP contribution in [0.5, 0.6) is 0 Å². The summed E-state index contributed by atoms with van der Waals surface area (Å²) in [7, 11) is 0. The van der Waals surface area contributed by atoms with Crippen molar-refractivity contribution in [2.45, 2.75) is 26.3 Å². The van der Waals surface area contributed by atoms with E-state index in [0.29, 0.717) is 17.8 Å². The molecule has 4 heteroatoms. The van der Waals surface area contributed by atoms with Crippen LogP contribution in [-0.4, -0.2) is 28.4 Å². The van der Waals surface area contributed by atoms with Crippen LogP contribution < -0.4 is 4.90 Å². The van der Waals surface area contributed by atoms with E-state index in [1.807, 2.05) is 19.2 Å². The summed E-state index contributed by atoms with van der Waals surface area (Å²) in [5, 5.41) is 0. The fourth-order valence-corrected chi connectivity index (χ4v) is 2.54. The standard InChI is InChI=1S/C11H16ClN3/c1-8-4-6-15(10(8)7-12)11-13-5-3-9(2)14-11/h3,5,8,10H,4,6-7H2,1-2H3. The molecule has 1 saturated heterocycles. The Bertz CT molecular complexity index is 342. The van der Waals surface area contributed by atoms with Gasteiger partial charge >= 0.3 is 0 Å². The molecular weight excluding hydrogens is 210 g/mol. The fourth-order valence-electron chi connectivity index (χ4n) is 2.07. The van der Waals surface area contributed by atoms with E-state index in [2.05, 4.69) is 21.8 Å². The summed E-state index contributed by atoms with van der Waals surface area (Å²) >= 11 is 5.99. The SMILES string of the molecule is Cc1ccnc(N2CCC(C)C2CCl)n1. The lowest BCUT2D eigenvalue weighted by atomic mass is 10.1. The first-order valence-electron chi connectivity index (χ1n) is 5.34. The van der Waals surface area contributed by atoms with Crippen LogP contribution in [0.25, 0.3) is 0 Å². The normalized spacial score (nSPS) is 25.9. The van der Waals surface area contributed by atoms with Crippen molar-refractivity contribution in [3.05, 3.63) is 18.0 Å². The summed E-state index contributed by atoms with van der Waals surface area (Å²) in [5.41, 5.74) is 1.01. The van der Waals surface area contributed by atoms with Crippen molar-refractivity contribution in [1.29, 1.82) is 0 Å². The Morgan fingerprint density at radius 1 is 1.60 bits per heavy atom. The highest BCUT2D eigenvalue weighted by atomic mass is 35.5. The predicted molar refractivity (Wildman–Crippen MR) is 62.4 cm³/mol. The average Bonchev–Trinajstić information content (AvgIpc) is 2.59. The smallest absolute Gasteiger partial charge is 0.225 e. The van der Waals surface area contributed by atoms with E-state index in [4.69, 9.17) is 11.6 Å². The number of aromatic nitrogens is 2. The van der Waals surface area contributed by atoms with Crippen LogP contribution in [0.3, 0.4) is 0 Å². The third-order valence-electron chi connectivity index (χ3n) is 3.08. The zero-order chi connectivity index (χ0) is 10.8. The van der Waals surface area contributed by atoms with Gasteiger partial charge < -0.3 is 4.90 Å². The van der Waals surface area contributed by atoms with Crippen molar-refractivity contribution in [3.63, 3.8) is 0 Å². The van der Waals surface area contributed by atoms with E-state index < -0.39 is 0 Å². The van der Waals surface area contributed by atoms with Gasteiger partial charge in [0, 0.05) is 30.4 Å². The summed E-state index contributed by atoms with van der Waals surface area (Å²) in [6, 6.07) is 2.30. The second-order valence-corrected chi connectivity index (χ2v) is 4.49. The highest BCUT2D eigenvalue weighted by Gasteiger charge is 2.31. The molecule has 15 heavy (non-hydrogen) atoms. The van der Waals surface area contributed by atoms with E-state index >= 15 is 0 Å². The van der Waals surface area contributed by atoms with Gasteiger partial charge in [-0.2, -0.15) is 0 Å². The van der Waals surface area contributed by atoms with Crippen molar-refractivity contribution >= 4 is 17.5 Å². The molecule has 3 nitrogen and oxygen atoms in total. The van der Waals surface area contributed by atoms with Gasteiger partial charge in [0.15, 0.2) is 0 Å². The number of hydrogen-bond donors (Lipinski definition) is 0. The molecular formula is C11H16ClN3. The average molecular weight is 226 g/mol. The molecule has 0 spiro atoms. The number of halogens is 1. The molecule has 0 N–H and O–H groups in total. The minimum atomic E-state index is 0.383. The number of aryl methyl sites for hydroxylation is 1. The second-order valence-electron chi connectivity index (χ2n) is 4.18. The number of rotatable bonds is 2. The van der Waals surface area contributed by atoms with Crippen molar-refractivity contribution in [1.82, 2.24) is 9.97 Å². The minimum absolute atomic E-state index is 0.383. The summed E-state index contributed by atoms with van der Waals surface area (Å²) in [6.45, 7) is 5.24. The van der Waals surface area contributed by atoms with Crippen LogP contribution >= 0.6 is 11.6 Å². The van der Waals surface area contributed by atoms with Gasteiger partial charge in [0.25, 0.3) is 0 Å². The number of hydrogen-bond acceptors (Lipinski definition) is 3. The van der Waals surface area contributed by atoms with Crippen molar-refractivity contribution < 1.29 is 0 Å². The topological polar surface area (TPSA) is 29.0 Å². The van der Waals surface area contributed by atoms with Gasteiger partial charge in [-0.3, -0.25) is 0 Å². The zero-order valence-corrected chi connectivity index (χ0v) is 9.91. The van der Waals surface area contributed by atoms with E-state index in [1.54, 1.807) is 0 Å². The third-order valence-corrected chi connectivity index (χ3v) is 3.40. The molecule has 2 unspecified atom stereocenters. The Labute approximate surface area is 95.5 Å². The van der Waals surface area contributed by atoms with Gasteiger partial charge in [0.2, 0.25) is 5.95 Å². The molecule has 1 aromatic rings. The molecule has 2 atom stereocenters. The first kappa shape index (κ1) is 10.7. The van der Waals surface area contributed by atoms with Gasteiger partial charge in [-0.15, -0.1) is 11.6 Å². The molecule has 82 valence electrons. The Balaban J connectivity index is 2.23. The van der Waals surface area contributed by atoms with Gasteiger partial charge in [0.05, 0.1) is 0 Å². The van der Waals surface area contributed by atoms with Gasteiger partial charge in [-0.25, -0.2) is 9.97 Å². The summed E-state index contributed by atoms with van der Waals surface area (Å²) in [4.78, 5) is 11.0. The van der Waals surface area contributed by atoms with Gasteiger partial charge in [-0.05, 0) is 25.3 Å². The number of nitrogens with zero attached hydrogens (tertiary/aromatic N) is 3. The molecule has 1 aliphatic rings. The predicted octanol–water partition coefficient (Wildman–Crippen LogP) is 2.24. The maximum absolute atomic E-state index is 5.99. The molecule has 1 aromatic heterocycles. The molecule has 0 aromatic carbocycles. The van der Waals surface area contributed by atoms with Crippen LogP contribution in [0, 0.1) is 12.8 Å². The molecule has 1 aliphatic heterocycles. The Morgan fingerprint density at radius 3 is 3.07 bits per heavy atom. The van der Waals surface area contributed by atoms with Crippen LogP contribution in [-0.2, 0) is 0 Å². The molecule has 0 saturated carbocycles. The highest BCUT2D eigenvalue weighted by molar-refractivity contribution is 6.18. The Hall–Kier alpha value is -0.830. The van der Waals surface area contributed by atoms with Crippen molar-refractivity contribution in [2.75, 3.05) is 17.3 Å². The zero-order valence-electron chi connectivity index (χ0n) is 9.15. The number of alkyl halides is 1. The maximum Gasteiger partial charge on any atom is 0.225 e. The van der Waals surface area contributed by atoms with Crippen LogP contribution in [0.4, 0.5) is 5.95 Å².